The Balaban J connectivity index is 1.18. The molecule has 5 N–H and O–H groups in total. The Morgan fingerprint density at radius 3 is 2.55 bits per heavy atom. The number of amides is 2. The molecule has 3 aromatic rings. The molecule has 4 heterocycles. The van der Waals surface area contributed by atoms with Crippen molar-refractivity contribution in [1.29, 1.82) is 0 Å². The maximum atomic E-state index is 13.3. The van der Waals surface area contributed by atoms with Crippen LogP contribution < -0.4 is 31.1 Å². The lowest BCUT2D eigenvalue weighted by Crippen LogP contribution is -2.49. The summed E-state index contributed by atoms with van der Waals surface area (Å²) in [7, 11) is 1.78. The number of hydrogen-bond acceptors (Lipinski definition) is 9. The van der Waals surface area contributed by atoms with Gasteiger partial charge in [0.15, 0.2) is 5.82 Å². The molecule has 2 aliphatic heterocycles. The van der Waals surface area contributed by atoms with Crippen molar-refractivity contribution in [2.75, 3.05) is 60.2 Å². The van der Waals surface area contributed by atoms with Gasteiger partial charge in [0.2, 0.25) is 11.9 Å². The molecule has 2 saturated heterocycles. The monoisotopic (exact) mass is 600 g/mol. The van der Waals surface area contributed by atoms with Gasteiger partial charge in [-0.3, -0.25) is 9.59 Å². The predicted octanol–water partition coefficient (Wildman–Crippen LogP) is 3.62. The first-order valence-electron chi connectivity index (χ1n) is 16.0. The molecule has 12 heteroatoms. The van der Waals surface area contributed by atoms with E-state index in [0.717, 1.165) is 69.1 Å². The summed E-state index contributed by atoms with van der Waals surface area (Å²) in [5.41, 5.74) is 2.88. The Morgan fingerprint density at radius 1 is 0.955 bits per heavy atom. The molecule has 3 aliphatic rings. The maximum Gasteiger partial charge on any atom is 0.291 e. The van der Waals surface area contributed by atoms with E-state index in [1.54, 1.807) is 13.2 Å². The summed E-state index contributed by atoms with van der Waals surface area (Å²) in [5.74, 6) is 1.14. The number of aromatic nitrogens is 4. The van der Waals surface area contributed by atoms with E-state index in [2.05, 4.69) is 52.9 Å². The number of carbonyl (C=O) groups is 2. The summed E-state index contributed by atoms with van der Waals surface area (Å²) in [5, 5.41) is 12.8. The van der Waals surface area contributed by atoms with Crippen LogP contribution in [0.2, 0.25) is 0 Å². The van der Waals surface area contributed by atoms with Crippen LogP contribution in [-0.2, 0) is 4.79 Å². The fraction of sp³-hybridized carbons (Fsp3) is 0.531. The Morgan fingerprint density at radius 2 is 1.75 bits per heavy atom. The summed E-state index contributed by atoms with van der Waals surface area (Å²) in [6, 6.07) is 10.3. The third-order valence-corrected chi connectivity index (χ3v) is 9.10. The van der Waals surface area contributed by atoms with Crippen molar-refractivity contribution < 1.29 is 9.59 Å². The molecular weight excluding hydrogens is 556 g/mol. The lowest BCUT2D eigenvalue weighted by molar-refractivity contribution is -0.126. The number of anilines is 4. The number of piperidine rings is 1. The molecule has 234 valence electrons. The average Bonchev–Trinajstić information content (AvgIpc) is 3.57. The molecule has 0 unspecified atom stereocenters. The van der Waals surface area contributed by atoms with Gasteiger partial charge in [-0.05, 0) is 44.7 Å². The second-order valence-corrected chi connectivity index (χ2v) is 12.1. The van der Waals surface area contributed by atoms with Crippen LogP contribution in [0.5, 0.6) is 0 Å². The van der Waals surface area contributed by atoms with E-state index < -0.39 is 0 Å². The summed E-state index contributed by atoms with van der Waals surface area (Å²) in [4.78, 5) is 48.1. The van der Waals surface area contributed by atoms with Gasteiger partial charge in [-0.1, -0.05) is 31.4 Å². The lowest BCUT2D eigenvalue weighted by atomic mass is 9.91. The zero-order valence-electron chi connectivity index (χ0n) is 25.7. The number of piperazine rings is 1. The zero-order valence-corrected chi connectivity index (χ0v) is 25.7. The van der Waals surface area contributed by atoms with E-state index >= 15 is 0 Å². The van der Waals surface area contributed by atoms with Crippen molar-refractivity contribution in [3.05, 3.63) is 42.4 Å². The first kappa shape index (κ1) is 29.9. The highest BCUT2D eigenvalue weighted by Gasteiger charge is 2.32. The minimum atomic E-state index is -0.321. The average molecular weight is 601 g/mol. The number of hydrogen-bond donors (Lipinski definition) is 5. The van der Waals surface area contributed by atoms with Gasteiger partial charge < -0.3 is 36.1 Å². The number of nitrogens with zero attached hydrogens (tertiary/aromatic N) is 5. The Hall–Kier alpha value is -4.19. The van der Waals surface area contributed by atoms with Crippen molar-refractivity contribution in [3.8, 4) is 11.4 Å². The first-order valence-corrected chi connectivity index (χ1v) is 16.0. The van der Waals surface area contributed by atoms with Crippen LogP contribution in [0.1, 0.15) is 62.5 Å². The number of nitrogens with one attached hydrogen (secondary N) is 5. The quantitative estimate of drug-likeness (QED) is 0.262. The third-order valence-electron chi connectivity index (χ3n) is 9.10. The predicted molar refractivity (Wildman–Crippen MR) is 173 cm³/mol. The van der Waals surface area contributed by atoms with E-state index in [-0.39, 0.29) is 29.6 Å². The second kappa shape index (κ2) is 13.6. The van der Waals surface area contributed by atoms with Crippen LogP contribution in [0.3, 0.4) is 0 Å². The fourth-order valence-electron chi connectivity index (χ4n) is 6.54. The highest BCUT2D eigenvalue weighted by molar-refractivity contribution is 6.04. The molecule has 0 bridgehead atoms. The van der Waals surface area contributed by atoms with E-state index in [0.29, 0.717) is 29.9 Å². The minimum Gasteiger partial charge on any atom is -0.367 e. The molecule has 1 aromatic carbocycles. The van der Waals surface area contributed by atoms with Crippen LogP contribution in [0.15, 0.2) is 36.5 Å². The molecule has 12 nitrogen and oxygen atoms in total. The summed E-state index contributed by atoms with van der Waals surface area (Å²) < 4.78 is 0. The van der Waals surface area contributed by atoms with E-state index in [4.69, 9.17) is 4.98 Å². The lowest BCUT2D eigenvalue weighted by Gasteiger charge is -2.39. The molecule has 0 spiro atoms. The highest BCUT2D eigenvalue weighted by atomic mass is 16.2. The molecule has 1 aliphatic carbocycles. The van der Waals surface area contributed by atoms with E-state index in [1.165, 1.54) is 19.3 Å². The number of para-hydroxylation sites is 2. The Labute approximate surface area is 258 Å². The Kier molecular flexibility index (Phi) is 9.25. The van der Waals surface area contributed by atoms with Gasteiger partial charge >= 0.3 is 0 Å². The number of carbonyl (C=O) groups excluding carboxylic acids is 2. The van der Waals surface area contributed by atoms with Gasteiger partial charge in [0, 0.05) is 64.1 Å². The van der Waals surface area contributed by atoms with Gasteiger partial charge in [0.05, 0.1) is 23.0 Å². The molecule has 6 rings (SSSR count). The largest absolute Gasteiger partial charge is 0.367 e. The van der Waals surface area contributed by atoms with Crippen molar-refractivity contribution in [3.63, 3.8) is 0 Å². The van der Waals surface area contributed by atoms with E-state index in [9.17, 15) is 9.59 Å². The van der Waals surface area contributed by atoms with Crippen LogP contribution >= 0.6 is 0 Å². The smallest absolute Gasteiger partial charge is 0.291 e. The number of rotatable bonds is 8. The molecular formula is C32H44N10O2. The first-order chi connectivity index (χ1) is 21.5. The summed E-state index contributed by atoms with van der Waals surface area (Å²) in [6.45, 7) is 6.34. The number of imidazole rings is 1. The van der Waals surface area contributed by atoms with Crippen molar-refractivity contribution in [2.45, 2.75) is 64.0 Å². The van der Waals surface area contributed by atoms with Crippen LogP contribution in [-0.4, -0.2) is 83.6 Å². The standard InChI is InChI=1S/C32H44N10O2/c1-21-12-13-22(30(43)36-23-8-4-3-5-9-23)20-42(21)28-18-25(39-32(33-2)40-28)26-19-35-29(37-26)31(44)38-24-10-6-7-11-27(24)41-16-14-34-15-17-41/h6-7,10-11,18-19,21-23,34H,3-5,8-9,12-17,20H2,1-2H3,(H,35,37)(H,36,43)(H,38,44)(H,33,39,40)/t21-,22-/m0/s1. The van der Waals surface area contributed by atoms with Crippen LogP contribution in [0.25, 0.3) is 11.4 Å². The summed E-state index contributed by atoms with van der Waals surface area (Å²) in [6.07, 6.45) is 9.26. The molecule has 2 aromatic heterocycles. The number of benzene rings is 1. The molecule has 2 atom stereocenters. The normalized spacial score (nSPS) is 21.1. The van der Waals surface area contributed by atoms with Gasteiger partial charge in [0.1, 0.15) is 11.5 Å². The summed E-state index contributed by atoms with van der Waals surface area (Å²) >= 11 is 0. The second-order valence-electron chi connectivity index (χ2n) is 12.1. The molecule has 2 amide bonds. The van der Waals surface area contributed by atoms with Crippen molar-refractivity contribution >= 4 is 35.0 Å². The zero-order chi connectivity index (χ0) is 30.5. The molecule has 1 saturated carbocycles. The highest BCUT2D eigenvalue weighted by Crippen LogP contribution is 2.31. The SMILES string of the molecule is CNc1nc(-c2c[nH]c(C(=O)Nc3ccccc3N3CCNCC3)n2)cc(N2C[C@@H](C(=O)NC3CCCCC3)CC[C@@H]2C)n1. The maximum absolute atomic E-state index is 13.3. The van der Waals surface area contributed by atoms with Crippen LogP contribution in [0, 0.1) is 5.92 Å². The number of H-pyrrole nitrogens is 1. The number of aromatic amines is 1. The van der Waals surface area contributed by atoms with E-state index in [1.807, 2.05) is 30.3 Å². The van der Waals surface area contributed by atoms with Crippen molar-refractivity contribution in [2.24, 2.45) is 5.92 Å². The molecule has 3 fully saturated rings. The van der Waals surface area contributed by atoms with Crippen LogP contribution in [0.4, 0.5) is 23.1 Å². The minimum absolute atomic E-state index is 0.0886. The van der Waals surface area contributed by atoms with Gasteiger partial charge in [-0.15, -0.1) is 0 Å². The topological polar surface area (TPSA) is 143 Å². The van der Waals surface area contributed by atoms with Crippen molar-refractivity contribution in [1.82, 2.24) is 30.6 Å². The fourth-order valence-corrected chi connectivity index (χ4v) is 6.54. The van der Waals surface area contributed by atoms with Gasteiger partial charge in [0.25, 0.3) is 5.91 Å². The van der Waals surface area contributed by atoms with Gasteiger partial charge in [-0.2, -0.15) is 4.98 Å². The molecule has 44 heavy (non-hydrogen) atoms. The molecule has 0 radical (unpaired) electrons. The van der Waals surface area contributed by atoms with Gasteiger partial charge in [-0.25, -0.2) is 9.97 Å². The third kappa shape index (κ3) is 6.80. The Bertz CT molecular complexity index is 1450.